The van der Waals surface area contributed by atoms with Crippen LogP contribution in [0.15, 0.2) is 17.2 Å². The number of rotatable bonds is 3. The highest BCUT2D eigenvalue weighted by Gasteiger charge is 2.30. The standard InChI is InChI=1S/C11H13N3OS2/c1-3-13-10(15)9(17-11(13)16)7-8-5-6-12-14(8)4-2/h5-7H,3-4H2,1-2H3. The summed E-state index contributed by atoms with van der Waals surface area (Å²) in [6.45, 7) is 5.34. The lowest BCUT2D eigenvalue weighted by atomic mass is 10.3. The van der Waals surface area contributed by atoms with Gasteiger partial charge in [-0.2, -0.15) is 5.10 Å². The summed E-state index contributed by atoms with van der Waals surface area (Å²) < 4.78 is 2.48. The van der Waals surface area contributed by atoms with Crippen LogP contribution in [0.3, 0.4) is 0 Å². The first-order valence-electron chi connectivity index (χ1n) is 5.44. The van der Waals surface area contributed by atoms with E-state index in [-0.39, 0.29) is 5.91 Å². The molecular formula is C11H13N3OS2. The third-order valence-electron chi connectivity index (χ3n) is 2.52. The lowest BCUT2D eigenvalue weighted by molar-refractivity contribution is -0.121. The number of aromatic nitrogens is 2. The average molecular weight is 267 g/mol. The van der Waals surface area contributed by atoms with E-state index in [9.17, 15) is 4.79 Å². The molecule has 6 heteroatoms. The molecule has 0 radical (unpaired) electrons. The second kappa shape index (κ2) is 5.01. The predicted octanol–water partition coefficient (Wildman–Crippen LogP) is 2.12. The Morgan fingerprint density at radius 1 is 1.47 bits per heavy atom. The molecule has 4 nitrogen and oxygen atoms in total. The van der Waals surface area contributed by atoms with Gasteiger partial charge in [-0.3, -0.25) is 14.4 Å². The normalized spacial score (nSPS) is 18.5. The van der Waals surface area contributed by atoms with Crippen molar-refractivity contribution >= 4 is 40.3 Å². The van der Waals surface area contributed by atoms with E-state index in [0.717, 1.165) is 12.2 Å². The second-order valence-corrected chi connectivity index (χ2v) is 5.17. The number of thiocarbonyl (C=S) groups is 1. The van der Waals surface area contributed by atoms with Gasteiger partial charge in [0.15, 0.2) is 0 Å². The number of carbonyl (C=O) groups excluding carboxylic acids is 1. The van der Waals surface area contributed by atoms with E-state index in [4.69, 9.17) is 12.2 Å². The van der Waals surface area contributed by atoms with Crippen LogP contribution in [-0.2, 0) is 11.3 Å². The summed E-state index contributed by atoms with van der Waals surface area (Å²) in [4.78, 5) is 14.3. The third kappa shape index (κ3) is 2.28. The largest absolute Gasteiger partial charge is 0.293 e. The van der Waals surface area contributed by atoms with Crippen LogP contribution >= 0.6 is 24.0 Å². The van der Waals surface area contributed by atoms with E-state index in [1.165, 1.54) is 11.8 Å². The predicted molar refractivity (Wildman–Crippen MR) is 73.5 cm³/mol. The molecule has 0 aromatic carbocycles. The molecule has 1 aliphatic heterocycles. The summed E-state index contributed by atoms with van der Waals surface area (Å²) in [5.41, 5.74) is 0.934. The highest BCUT2D eigenvalue weighted by atomic mass is 32.2. The van der Waals surface area contributed by atoms with E-state index in [1.807, 2.05) is 30.7 Å². The van der Waals surface area contributed by atoms with E-state index in [1.54, 1.807) is 11.1 Å². The van der Waals surface area contributed by atoms with Gasteiger partial charge < -0.3 is 0 Å². The minimum absolute atomic E-state index is 0.00801. The summed E-state index contributed by atoms with van der Waals surface area (Å²) in [5, 5.41) is 4.17. The number of nitrogens with zero attached hydrogens (tertiary/aromatic N) is 3. The van der Waals surface area contributed by atoms with Gasteiger partial charge >= 0.3 is 0 Å². The van der Waals surface area contributed by atoms with Crippen LogP contribution in [0.2, 0.25) is 0 Å². The molecule has 1 aromatic heterocycles. The molecule has 2 rings (SSSR count). The molecule has 0 spiro atoms. The molecule has 1 aliphatic rings. The number of hydrogen-bond donors (Lipinski definition) is 0. The Balaban J connectivity index is 2.30. The van der Waals surface area contributed by atoms with E-state index in [2.05, 4.69) is 5.10 Å². The molecule has 1 amide bonds. The summed E-state index contributed by atoms with van der Waals surface area (Å²) in [5.74, 6) is -0.00801. The van der Waals surface area contributed by atoms with Gasteiger partial charge in [0.2, 0.25) is 0 Å². The Hall–Kier alpha value is -1.14. The number of aryl methyl sites for hydroxylation is 1. The number of carbonyl (C=O) groups is 1. The zero-order valence-corrected chi connectivity index (χ0v) is 11.3. The minimum atomic E-state index is -0.00801. The fourth-order valence-electron chi connectivity index (χ4n) is 1.64. The maximum absolute atomic E-state index is 12.0. The minimum Gasteiger partial charge on any atom is -0.293 e. The van der Waals surface area contributed by atoms with Gasteiger partial charge in [-0.05, 0) is 26.0 Å². The summed E-state index contributed by atoms with van der Waals surface area (Å²) in [6.07, 6.45) is 3.58. The molecule has 90 valence electrons. The number of amides is 1. The molecule has 1 saturated heterocycles. The summed E-state index contributed by atoms with van der Waals surface area (Å²) in [6, 6.07) is 1.89. The Morgan fingerprint density at radius 3 is 2.82 bits per heavy atom. The first-order chi connectivity index (χ1) is 8.17. The van der Waals surface area contributed by atoms with Crippen LogP contribution in [0.5, 0.6) is 0 Å². The first-order valence-corrected chi connectivity index (χ1v) is 6.67. The van der Waals surface area contributed by atoms with Gasteiger partial charge in [0.1, 0.15) is 4.32 Å². The van der Waals surface area contributed by atoms with Crippen molar-refractivity contribution in [1.82, 2.24) is 14.7 Å². The highest BCUT2D eigenvalue weighted by molar-refractivity contribution is 8.26. The molecule has 0 N–H and O–H groups in total. The molecule has 1 aromatic rings. The van der Waals surface area contributed by atoms with Crippen LogP contribution in [-0.4, -0.2) is 31.5 Å². The number of thioether (sulfide) groups is 1. The average Bonchev–Trinajstić information content (AvgIpc) is 2.85. The summed E-state index contributed by atoms with van der Waals surface area (Å²) in [7, 11) is 0. The van der Waals surface area contributed by atoms with Gasteiger partial charge in [-0.25, -0.2) is 0 Å². The SMILES string of the molecule is CCN1C(=O)C(=Cc2ccnn2CC)SC1=S. The van der Waals surface area contributed by atoms with E-state index in [0.29, 0.717) is 15.8 Å². The van der Waals surface area contributed by atoms with Crippen molar-refractivity contribution in [2.24, 2.45) is 0 Å². The Labute approximate surface area is 110 Å². The van der Waals surface area contributed by atoms with Gasteiger partial charge in [-0.1, -0.05) is 24.0 Å². The quantitative estimate of drug-likeness (QED) is 0.621. The fourth-order valence-corrected chi connectivity index (χ4v) is 3.01. The van der Waals surface area contributed by atoms with Gasteiger partial charge in [-0.15, -0.1) is 0 Å². The van der Waals surface area contributed by atoms with Crippen molar-refractivity contribution in [3.63, 3.8) is 0 Å². The molecule has 0 atom stereocenters. The highest BCUT2D eigenvalue weighted by Crippen LogP contribution is 2.32. The van der Waals surface area contributed by atoms with Gasteiger partial charge in [0.25, 0.3) is 5.91 Å². The Bertz CT molecular complexity index is 493. The lowest BCUT2D eigenvalue weighted by Gasteiger charge is -2.09. The summed E-state index contributed by atoms with van der Waals surface area (Å²) >= 11 is 6.51. The van der Waals surface area contributed by atoms with E-state index >= 15 is 0 Å². The van der Waals surface area contributed by atoms with E-state index < -0.39 is 0 Å². The topological polar surface area (TPSA) is 38.1 Å². The number of hydrogen-bond acceptors (Lipinski definition) is 4. The zero-order chi connectivity index (χ0) is 12.4. The van der Waals surface area contributed by atoms with Gasteiger partial charge in [0.05, 0.1) is 10.6 Å². The zero-order valence-electron chi connectivity index (χ0n) is 9.71. The molecule has 0 aliphatic carbocycles. The van der Waals surface area contributed by atoms with Crippen LogP contribution in [0.1, 0.15) is 19.5 Å². The van der Waals surface area contributed by atoms with Crippen LogP contribution < -0.4 is 0 Å². The number of likely N-dealkylation sites (N-methyl/N-ethyl adjacent to an activating group) is 1. The van der Waals surface area contributed by atoms with Crippen LogP contribution in [0, 0.1) is 0 Å². The van der Waals surface area contributed by atoms with Crippen LogP contribution in [0.25, 0.3) is 6.08 Å². The van der Waals surface area contributed by atoms with Crippen molar-refractivity contribution in [1.29, 1.82) is 0 Å². The Kier molecular flexibility index (Phi) is 3.63. The van der Waals surface area contributed by atoms with Crippen molar-refractivity contribution in [2.75, 3.05) is 6.54 Å². The molecule has 0 saturated carbocycles. The third-order valence-corrected chi connectivity index (χ3v) is 3.90. The van der Waals surface area contributed by atoms with Crippen molar-refractivity contribution < 1.29 is 4.79 Å². The molecule has 17 heavy (non-hydrogen) atoms. The molecular weight excluding hydrogens is 254 g/mol. The maximum atomic E-state index is 12.0. The monoisotopic (exact) mass is 267 g/mol. The molecule has 0 bridgehead atoms. The van der Waals surface area contributed by atoms with Crippen molar-refractivity contribution in [3.05, 3.63) is 22.9 Å². The first kappa shape index (κ1) is 12.3. The maximum Gasteiger partial charge on any atom is 0.266 e. The molecule has 2 heterocycles. The molecule has 1 fully saturated rings. The smallest absolute Gasteiger partial charge is 0.266 e. The second-order valence-electron chi connectivity index (χ2n) is 3.50. The fraction of sp³-hybridized carbons (Fsp3) is 0.364. The molecule has 0 unspecified atom stereocenters. The Morgan fingerprint density at radius 2 is 2.24 bits per heavy atom. The lowest BCUT2D eigenvalue weighted by Crippen LogP contribution is -2.27. The van der Waals surface area contributed by atoms with Gasteiger partial charge in [0, 0.05) is 19.3 Å². The van der Waals surface area contributed by atoms with Crippen LogP contribution in [0.4, 0.5) is 0 Å². The van der Waals surface area contributed by atoms with Crippen molar-refractivity contribution in [3.8, 4) is 0 Å². The van der Waals surface area contributed by atoms with Crippen molar-refractivity contribution in [2.45, 2.75) is 20.4 Å².